The van der Waals surface area contributed by atoms with Crippen LogP contribution in [-0.4, -0.2) is 13.7 Å². The predicted molar refractivity (Wildman–Crippen MR) is 475 cm³/mol. The maximum Gasteiger partial charge on any atom is 0.0602 e. The molecule has 0 N–H and O–H groups in total. The van der Waals surface area contributed by atoms with Crippen molar-refractivity contribution in [3.63, 3.8) is 0 Å². The second-order valence-corrected chi connectivity index (χ2v) is 32.2. The van der Waals surface area contributed by atoms with E-state index < -0.39 is 0 Å². The first-order valence-corrected chi connectivity index (χ1v) is 39.3. The van der Waals surface area contributed by atoms with E-state index in [1.54, 1.807) is 0 Å². The molecule has 1 aliphatic heterocycles. The van der Waals surface area contributed by atoms with Gasteiger partial charge in [0.1, 0.15) is 0 Å². The van der Waals surface area contributed by atoms with Crippen molar-refractivity contribution in [3.8, 4) is 61.6 Å². The van der Waals surface area contributed by atoms with Crippen molar-refractivity contribution in [2.24, 2.45) is 0 Å². The molecule has 0 saturated carbocycles. The highest BCUT2D eigenvalue weighted by Crippen LogP contribution is 2.58. The number of anilines is 3. The van der Waals surface area contributed by atoms with Crippen LogP contribution >= 0.6 is 0 Å². The van der Waals surface area contributed by atoms with Crippen LogP contribution < -0.4 is 4.90 Å². The van der Waals surface area contributed by atoms with Crippen molar-refractivity contribution in [2.45, 2.75) is 38.5 Å². The first-order valence-electron chi connectivity index (χ1n) is 39.3. The van der Waals surface area contributed by atoms with E-state index in [0.29, 0.717) is 0 Å². The predicted octanol–water partition coefficient (Wildman–Crippen LogP) is 29.3. The molecule has 4 nitrogen and oxygen atoms in total. The van der Waals surface area contributed by atoms with Crippen LogP contribution in [-0.2, 0) is 10.8 Å². The van der Waals surface area contributed by atoms with Crippen molar-refractivity contribution in [1.82, 2.24) is 13.7 Å². The molecular formula is C108H72N4. The van der Waals surface area contributed by atoms with Gasteiger partial charge in [0.25, 0.3) is 0 Å². The summed E-state index contributed by atoms with van der Waals surface area (Å²) in [6.45, 7) is 9.63. The molecule has 112 heavy (non-hydrogen) atoms. The van der Waals surface area contributed by atoms with Gasteiger partial charge in [-0.25, -0.2) is 0 Å². The SMILES string of the molecule is CC1(C)c2ccccc2-c2cc3c4cc(-c5ccc6c7ccccc7c7ccc(-n8c9ccccc9c9ccc(-c%10ccc(N%11c%12ccc(-c%13ccc%14c%15ccccc%15c%15ccccc%15c%14c%13)cc%12C(C)(C)c%12ccc%13c(c%12%11)c%11ccccc%11n%13-c%11ccccc%11)cc%10)cc98)cc7c6c5)ccc4n(-c4ccccc4)c3cc21. The molecule has 0 spiro atoms. The molecule has 0 saturated heterocycles. The topological polar surface area (TPSA) is 18.0 Å². The maximum absolute atomic E-state index is 2.58. The molecule has 524 valence electrons. The second kappa shape index (κ2) is 23.2. The van der Waals surface area contributed by atoms with Crippen LogP contribution in [0.1, 0.15) is 49.9 Å². The molecule has 1 aliphatic carbocycles. The van der Waals surface area contributed by atoms with Crippen molar-refractivity contribution in [2.75, 3.05) is 4.90 Å². The van der Waals surface area contributed by atoms with Crippen LogP contribution in [0.5, 0.6) is 0 Å². The molecule has 4 heteroatoms. The van der Waals surface area contributed by atoms with E-state index in [2.05, 4.69) is 410 Å². The Kier molecular flexibility index (Phi) is 13.1. The first kappa shape index (κ1) is 62.9. The van der Waals surface area contributed by atoms with Gasteiger partial charge in [-0.15, -0.1) is 0 Å². The minimum Gasteiger partial charge on any atom is -0.309 e. The standard InChI is InChI=1S/C108H72N4/c1-107(2)94-36-20-17-33-84(94)91-63-93-92-59-68(44-54-100(92)110(104(93)64-96(91)107)72-25-9-6-10-26-72)66-41-50-82-78-30-13-14-31-79(78)83-52-48-74(62-90(83)89(82)58-66)111-98-37-21-18-34-85(98)86-51-43-70(61-103(86)111)65-39-46-73(47-40-65)112-101-55-45-69(67-42-49-81-77-29-12-11-27-75(77)76-28-15-16-32-80(76)88(81)57-67)60-97(101)108(3,4)95-53-56-102-105(106(95)112)87-35-19-22-38-99(87)109(102)71-23-7-5-8-24-71/h5-64H,1-4H3. The molecule has 0 amide bonds. The van der Waals surface area contributed by atoms with Crippen LogP contribution in [0.25, 0.3) is 192 Å². The lowest BCUT2D eigenvalue weighted by atomic mass is 9.72. The Bertz CT molecular complexity index is 7820. The Morgan fingerprint density at radius 3 is 1.22 bits per heavy atom. The number of rotatable bonds is 7. The fourth-order valence-corrected chi connectivity index (χ4v) is 20.4. The van der Waals surface area contributed by atoms with Gasteiger partial charge in [0.15, 0.2) is 0 Å². The van der Waals surface area contributed by atoms with Gasteiger partial charge in [-0.2, -0.15) is 0 Å². The van der Waals surface area contributed by atoms with E-state index in [-0.39, 0.29) is 10.8 Å². The maximum atomic E-state index is 2.58. The van der Waals surface area contributed by atoms with E-state index in [1.165, 1.54) is 192 Å². The van der Waals surface area contributed by atoms with Gasteiger partial charge in [0.05, 0.1) is 44.5 Å². The van der Waals surface area contributed by atoms with E-state index in [0.717, 1.165) is 39.4 Å². The highest BCUT2D eigenvalue weighted by Gasteiger charge is 2.41. The summed E-state index contributed by atoms with van der Waals surface area (Å²) < 4.78 is 7.44. The van der Waals surface area contributed by atoms with Gasteiger partial charge in [0.2, 0.25) is 0 Å². The number of benzene rings is 19. The normalized spacial score (nSPS) is 13.7. The molecule has 0 atom stereocenters. The highest BCUT2D eigenvalue weighted by molar-refractivity contribution is 6.28. The third-order valence-electron chi connectivity index (χ3n) is 25.7. The van der Waals surface area contributed by atoms with Gasteiger partial charge in [0, 0.05) is 65.9 Å². The van der Waals surface area contributed by atoms with E-state index in [4.69, 9.17) is 0 Å². The average molecular weight is 1430 g/mol. The van der Waals surface area contributed by atoms with Crippen LogP contribution in [0.3, 0.4) is 0 Å². The number of hydrogen-bond acceptors (Lipinski definition) is 1. The van der Waals surface area contributed by atoms with Crippen molar-refractivity contribution >= 4 is 147 Å². The Morgan fingerprint density at radius 2 is 0.580 bits per heavy atom. The average Bonchev–Trinajstić information content (AvgIpc) is 1.35. The minimum atomic E-state index is -0.389. The molecule has 4 heterocycles. The fourth-order valence-electron chi connectivity index (χ4n) is 20.4. The Balaban J connectivity index is 0.653. The second-order valence-electron chi connectivity index (χ2n) is 32.2. The number of hydrogen-bond donors (Lipinski definition) is 0. The van der Waals surface area contributed by atoms with Gasteiger partial charge in [-0.05, 0) is 253 Å². The zero-order chi connectivity index (χ0) is 74.0. The van der Waals surface area contributed by atoms with E-state index in [9.17, 15) is 0 Å². The van der Waals surface area contributed by atoms with Gasteiger partial charge >= 0.3 is 0 Å². The first-order chi connectivity index (χ1) is 55.1. The Hall–Kier alpha value is -14.1. The number of nitrogens with zero attached hydrogens (tertiary/aromatic N) is 4. The summed E-state index contributed by atoms with van der Waals surface area (Å²) in [5, 5.41) is 22.5. The van der Waals surface area contributed by atoms with Crippen molar-refractivity contribution in [1.29, 1.82) is 0 Å². The third-order valence-corrected chi connectivity index (χ3v) is 25.7. The van der Waals surface area contributed by atoms with Crippen LogP contribution in [0.2, 0.25) is 0 Å². The molecule has 0 fully saturated rings. The van der Waals surface area contributed by atoms with Crippen LogP contribution in [0.15, 0.2) is 364 Å². The largest absolute Gasteiger partial charge is 0.309 e. The molecule has 0 bridgehead atoms. The molecule has 0 radical (unpaired) electrons. The molecule has 22 aromatic rings. The minimum absolute atomic E-state index is 0.124. The molecule has 24 rings (SSSR count). The molecular weight excluding hydrogens is 1350 g/mol. The van der Waals surface area contributed by atoms with Crippen LogP contribution in [0.4, 0.5) is 17.1 Å². The summed E-state index contributed by atoms with van der Waals surface area (Å²) >= 11 is 0. The van der Waals surface area contributed by atoms with Crippen molar-refractivity contribution < 1.29 is 0 Å². The zero-order valence-corrected chi connectivity index (χ0v) is 62.4. The van der Waals surface area contributed by atoms with Gasteiger partial charge in [-0.1, -0.05) is 270 Å². The Morgan fingerprint density at radius 1 is 0.188 bits per heavy atom. The highest BCUT2D eigenvalue weighted by atomic mass is 15.2. The monoisotopic (exact) mass is 1420 g/mol. The summed E-state index contributed by atoms with van der Waals surface area (Å²) in [6.07, 6.45) is 0. The molecule has 0 unspecified atom stereocenters. The summed E-state index contributed by atoms with van der Waals surface area (Å²) in [7, 11) is 0. The van der Waals surface area contributed by atoms with Crippen LogP contribution in [0, 0.1) is 0 Å². The number of para-hydroxylation sites is 4. The summed E-state index contributed by atoms with van der Waals surface area (Å²) in [4.78, 5) is 2.58. The fraction of sp³-hybridized carbons (Fsp3) is 0.0556. The molecule has 19 aromatic carbocycles. The van der Waals surface area contributed by atoms with Crippen molar-refractivity contribution in [3.05, 3.63) is 386 Å². The number of fused-ring (bicyclic) bond motifs is 27. The lowest BCUT2D eigenvalue weighted by Crippen LogP contribution is -2.31. The van der Waals surface area contributed by atoms with E-state index in [1.807, 2.05) is 0 Å². The summed E-state index contributed by atoms with van der Waals surface area (Å²) in [5.74, 6) is 0. The summed E-state index contributed by atoms with van der Waals surface area (Å²) in [5.41, 5.74) is 28.6. The zero-order valence-electron chi connectivity index (χ0n) is 62.4. The lowest BCUT2D eigenvalue weighted by Gasteiger charge is -2.43. The smallest absolute Gasteiger partial charge is 0.0602 e. The Labute approximate surface area is 647 Å². The summed E-state index contributed by atoms with van der Waals surface area (Å²) in [6, 6.07) is 138. The quantitative estimate of drug-likeness (QED) is 0.145. The van der Waals surface area contributed by atoms with Gasteiger partial charge in [-0.3, -0.25) is 0 Å². The van der Waals surface area contributed by atoms with E-state index >= 15 is 0 Å². The number of aromatic nitrogens is 3. The third kappa shape index (κ3) is 8.83. The molecule has 3 aromatic heterocycles. The molecule has 2 aliphatic rings. The van der Waals surface area contributed by atoms with Gasteiger partial charge < -0.3 is 18.6 Å². The lowest BCUT2D eigenvalue weighted by molar-refractivity contribution is 0.633.